The van der Waals surface area contributed by atoms with Crippen LogP contribution in [0, 0.1) is 11.6 Å². The normalized spacial score (nSPS) is 20.1. The second kappa shape index (κ2) is 6.40. The number of nitrogens with zero attached hydrogens (tertiary/aromatic N) is 2. The number of aliphatic imine (C=N–C) groups is 1. The third kappa shape index (κ3) is 2.95. The van der Waals surface area contributed by atoms with Crippen LogP contribution in [-0.4, -0.2) is 17.9 Å². The molecule has 0 radical (unpaired) electrons. The molecule has 1 aliphatic rings. The molecule has 0 amide bonds. The van der Waals surface area contributed by atoms with E-state index in [0.29, 0.717) is 27.7 Å². The van der Waals surface area contributed by atoms with Crippen LogP contribution in [0.25, 0.3) is 0 Å². The molecule has 1 atom stereocenters. The summed E-state index contributed by atoms with van der Waals surface area (Å²) in [5.74, 6) is -0.868. The smallest absolute Gasteiger partial charge is 0.163 e. The molecule has 1 aliphatic heterocycles. The molecule has 7 heteroatoms. The summed E-state index contributed by atoms with van der Waals surface area (Å²) in [6.07, 6.45) is 1.68. The van der Waals surface area contributed by atoms with Gasteiger partial charge < -0.3 is 10.1 Å². The zero-order chi connectivity index (χ0) is 18.2. The van der Waals surface area contributed by atoms with Gasteiger partial charge in [0.05, 0.1) is 7.11 Å². The van der Waals surface area contributed by atoms with E-state index in [2.05, 4.69) is 16.9 Å². The van der Waals surface area contributed by atoms with Crippen LogP contribution >= 0.6 is 11.3 Å². The van der Waals surface area contributed by atoms with Crippen molar-refractivity contribution in [3.8, 4) is 0 Å². The zero-order valence-electron chi connectivity index (χ0n) is 14.1. The van der Waals surface area contributed by atoms with Crippen molar-refractivity contribution in [3.63, 3.8) is 0 Å². The fourth-order valence-electron chi connectivity index (χ4n) is 2.94. The second-order valence-electron chi connectivity index (χ2n) is 5.75. The average Bonchev–Trinajstić information content (AvgIpc) is 3.11. The summed E-state index contributed by atoms with van der Waals surface area (Å²) >= 11 is 1.43. The molecule has 4 nitrogen and oxygen atoms in total. The van der Waals surface area contributed by atoms with Gasteiger partial charge in [-0.1, -0.05) is 12.6 Å². The van der Waals surface area contributed by atoms with E-state index in [1.807, 2.05) is 19.2 Å². The Hall–Kier alpha value is -2.54. The molecule has 1 aromatic carbocycles. The Balaban J connectivity index is 2.22. The molecule has 0 fully saturated rings. The van der Waals surface area contributed by atoms with Crippen molar-refractivity contribution < 1.29 is 13.5 Å². The Bertz CT molecular complexity index is 890. The molecule has 25 heavy (non-hydrogen) atoms. The van der Waals surface area contributed by atoms with Gasteiger partial charge in [-0.25, -0.2) is 18.8 Å². The lowest BCUT2D eigenvalue weighted by Crippen LogP contribution is -2.38. The third-order valence-electron chi connectivity index (χ3n) is 4.14. The maximum Gasteiger partial charge on any atom is 0.163 e. The molecule has 2 aromatic rings. The molecular formula is C18H17F2N3OS. The minimum absolute atomic E-state index is 0.402. The van der Waals surface area contributed by atoms with E-state index in [1.54, 1.807) is 6.20 Å². The van der Waals surface area contributed by atoms with Crippen LogP contribution in [0.15, 0.2) is 58.4 Å². The Labute approximate surface area is 148 Å². The highest BCUT2D eigenvalue weighted by Crippen LogP contribution is 2.41. The molecule has 2 heterocycles. The van der Waals surface area contributed by atoms with Crippen LogP contribution < -0.4 is 5.32 Å². The van der Waals surface area contributed by atoms with Crippen LogP contribution in [0.2, 0.25) is 0 Å². The Morgan fingerprint density at radius 2 is 2.08 bits per heavy atom. The van der Waals surface area contributed by atoms with Crippen molar-refractivity contribution in [2.75, 3.05) is 7.11 Å². The molecule has 0 saturated carbocycles. The van der Waals surface area contributed by atoms with Gasteiger partial charge >= 0.3 is 0 Å². The summed E-state index contributed by atoms with van der Waals surface area (Å²) in [6, 6.07) is 3.77. The lowest BCUT2D eigenvalue weighted by molar-refractivity contribution is 0.288. The van der Waals surface area contributed by atoms with Crippen LogP contribution in [0.3, 0.4) is 0 Å². The van der Waals surface area contributed by atoms with Crippen molar-refractivity contribution in [2.24, 2.45) is 4.99 Å². The number of nitrogens with one attached hydrogen (secondary N) is 1. The van der Waals surface area contributed by atoms with Gasteiger partial charge in [-0.05, 0) is 31.5 Å². The first-order valence-electron chi connectivity index (χ1n) is 7.53. The third-order valence-corrected chi connectivity index (χ3v) is 4.92. The first kappa shape index (κ1) is 17.3. The molecule has 0 bridgehead atoms. The highest BCUT2D eigenvalue weighted by molar-refractivity contribution is 7.11. The fourth-order valence-corrected chi connectivity index (χ4v) is 3.53. The van der Waals surface area contributed by atoms with E-state index in [-0.39, 0.29) is 0 Å². The predicted molar refractivity (Wildman–Crippen MR) is 94.3 cm³/mol. The highest BCUT2D eigenvalue weighted by atomic mass is 32.1. The molecule has 0 spiro atoms. The van der Waals surface area contributed by atoms with Gasteiger partial charge in [0.2, 0.25) is 0 Å². The standard InChI is InChI=1S/C18H17F2N3OS/c1-10-15(11(2)24-4)18(3,12-5-6-13(19)14(20)9-12)23-16(22-10)17-21-7-8-25-17/h5-9H,2H2,1,3-4H3,(H,22,23). The maximum atomic E-state index is 13.9. The van der Waals surface area contributed by atoms with E-state index in [1.165, 1.54) is 24.5 Å². The van der Waals surface area contributed by atoms with Gasteiger partial charge in [0, 0.05) is 22.8 Å². The molecule has 0 saturated heterocycles. The van der Waals surface area contributed by atoms with Crippen molar-refractivity contribution in [3.05, 3.63) is 75.6 Å². The van der Waals surface area contributed by atoms with Gasteiger partial charge in [0.1, 0.15) is 11.3 Å². The summed E-state index contributed by atoms with van der Waals surface area (Å²) in [7, 11) is 1.51. The number of hydrogen-bond donors (Lipinski definition) is 1. The zero-order valence-corrected chi connectivity index (χ0v) is 14.9. The minimum Gasteiger partial charge on any atom is -0.497 e. The Morgan fingerprint density at radius 3 is 2.68 bits per heavy atom. The van der Waals surface area contributed by atoms with Crippen molar-refractivity contribution in [1.29, 1.82) is 0 Å². The SMILES string of the molecule is C=C(OC)C1=C(C)NC(c2nccs2)=NC1(C)c1ccc(F)c(F)c1. The topological polar surface area (TPSA) is 46.5 Å². The number of allylic oxidation sites excluding steroid dienone is 1. The van der Waals surface area contributed by atoms with E-state index >= 15 is 0 Å². The van der Waals surface area contributed by atoms with Gasteiger partial charge in [-0.15, -0.1) is 11.3 Å². The predicted octanol–water partition coefficient (Wildman–Crippen LogP) is 4.12. The van der Waals surface area contributed by atoms with Gasteiger partial charge in [-0.2, -0.15) is 0 Å². The first-order valence-corrected chi connectivity index (χ1v) is 8.41. The van der Waals surface area contributed by atoms with E-state index in [4.69, 9.17) is 9.73 Å². The summed E-state index contributed by atoms with van der Waals surface area (Å²) in [6.45, 7) is 7.60. The molecular weight excluding hydrogens is 344 g/mol. The van der Waals surface area contributed by atoms with Crippen molar-refractivity contribution in [1.82, 2.24) is 10.3 Å². The van der Waals surface area contributed by atoms with Crippen LogP contribution in [0.4, 0.5) is 8.78 Å². The number of hydrogen-bond acceptors (Lipinski definition) is 5. The average molecular weight is 361 g/mol. The van der Waals surface area contributed by atoms with E-state index in [0.717, 1.165) is 17.8 Å². The quantitative estimate of drug-likeness (QED) is 0.834. The van der Waals surface area contributed by atoms with Crippen LogP contribution in [0.5, 0.6) is 0 Å². The summed E-state index contributed by atoms with van der Waals surface area (Å²) in [5, 5.41) is 5.75. The van der Waals surface area contributed by atoms with Gasteiger partial charge in [0.15, 0.2) is 22.5 Å². The monoisotopic (exact) mass is 361 g/mol. The largest absolute Gasteiger partial charge is 0.497 e. The van der Waals surface area contributed by atoms with E-state index in [9.17, 15) is 8.78 Å². The molecule has 1 unspecified atom stereocenters. The summed E-state index contributed by atoms with van der Waals surface area (Å²) in [5.41, 5.74) is 0.924. The van der Waals surface area contributed by atoms with Crippen LogP contribution in [0.1, 0.15) is 24.4 Å². The Morgan fingerprint density at radius 1 is 1.32 bits per heavy atom. The molecule has 3 rings (SSSR count). The van der Waals surface area contributed by atoms with Crippen LogP contribution in [-0.2, 0) is 10.3 Å². The number of amidine groups is 1. The number of thiazole rings is 1. The van der Waals surface area contributed by atoms with Gasteiger partial charge in [-0.3, -0.25) is 0 Å². The van der Waals surface area contributed by atoms with Gasteiger partial charge in [0.25, 0.3) is 0 Å². The molecule has 0 aliphatic carbocycles. The number of halogens is 2. The van der Waals surface area contributed by atoms with Crippen molar-refractivity contribution in [2.45, 2.75) is 19.4 Å². The molecule has 130 valence electrons. The number of ether oxygens (including phenoxy) is 1. The number of aromatic nitrogens is 1. The molecule has 1 N–H and O–H groups in total. The van der Waals surface area contributed by atoms with E-state index < -0.39 is 17.2 Å². The highest BCUT2D eigenvalue weighted by Gasteiger charge is 2.39. The first-order chi connectivity index (χ1) is 11.9. The summed E-state index contributed by atoms with van der Waals surface area (Å²) in [4.78, 5) is 9.03. The number of rotatable bonds is 4. The lowest BCUT2D eigenvalue weighted by Gasteiger charge is -2.35. The second-order valence-corrected chi connectivity index (χ2v) is 6.65. The Kier molecular flexibility index (Phi) is 4.43. The lowest BCUT2D eigenvalue weighted by atomic mass is 9.81. The summed E-state index contributed by atoms with van der Waals surface area (Å²) < 4.78 is 32.6. The maximum absolute atomic E-state index is 13.9. The van der Waals surface area contributed by atoms with Crippen molar-refractivity contribution >= 4 is 17.2 Å². The number of methoxy groups -OCH3 is 1. The minimum atomic E-state index is -1.00. The fraction of sp³-hybridized carbons (Fsp3) is 0.222. The molecule has 1 aromatic heterocycles. The number of benzene rings is 1.